The van der Waals surface area contributed by atoms with Gasteiger partial charge in [-0.15, -0.1) is 0 Å². The van der Waals surface area contributed by atoms with Gasteiger partial charge in [0.15, 0.2) is 0 Å². The standard InChI is InChI=1S/C12H20N2O3/c1-5-14-10(4)7-9(3)13-11(14)8-12(15)17-16-6-2/h7,11H,5-6,8H2,1-4H3. The average molecular weight is 240 g/mol. The highest BCUT2D eigenvalue weighted by Crippen LogP contribution is 2.18. The third-order valence-corrected chi connectivity index (χ3v) is 2.54. The zero-order valence-corrected chi connectivity index (χ0v) is 10.9. The van der Waals surface area contributed by atoms with Crippen molar-refractivity contribution in [3.63, 3.8) is 0 Å². The number of rotatable bonds is 5. The van der Waals surface area contributed by atoms with Crippen molar-refractivity contribution in [2.75, 3.05) is 13.2 Å². The first-order valence-corrected chi connectivity index (χ1v) is 5.90. The third-order valence-electron chi connectivity index (χ3n) is 2.54. The quantitative estimate of drug-likeness (QED) is 0.544. The van der Waals surface area contributed by atoms with Gasteiger partial charge in [0.2, 0.25) is 0 Å². The molecule has 5 heteroatoms. The van der Waals surface area contributed by atoms with Crippen molar-refractivity contribution in [1.82, 2.24) is 4.90 Å². The Hall–Kier alpha value is -1.36. The lowest BCUT2D eigenvalue weighted by Gasteiger charge is -2.33. The van der Waals surface area contributed by atoms with Gasteiger partial charge in [0, 0.05) is 18.0 Å². The minimum atomic E-state index is -0.387. The number of hydrogen-bond acceptors (Lipinski definition) is 5. The van der Waals surface area contributed by atoms with Gasteiger partial charge in [-0.1, -0.05) is 0 Å². The number of aliphatic imine (C=N–C) groups is 1. The third kappa shape index (κ3) is 3.85. The molecule has 0 fully saturated rings. The van der Waals surface area contributed by atoms with E-state index in [0.29, 0.717) is 6.61 Å². The lowest BCUT2D eigenvalue weighted by Crippen LogP contribution is -2.37. The molecule has 0 N–H and O–H groups in total. The predicted octanol–water partition coefficient (Wildman–Crippen LogP) is 1.90. The van der Waals surface area contributed by atoms with E-state index in [1.807, 2.05) is 26.8 Å². The average Bonchev–Trinajstić information content (AvgIpc) is 2.25. The highest BCUT2D eigenvalue weighted by molar-refractivity contribution is 5.94. The molecule has 96 valence electrons. The largest absolute Gasteiger partial charge is 0.353 e. The predicted molar refractivity (Wildman–Crippen MR) is 65.4 cm³/mol. The smallest absolute Gasteiger partial charge is 0.346 e. The molecular formula is C12H20N2O3. The summed E-state index contributed by atoms with van der Waals surface area (Å²) in [6, 6.07) is 0. The van der Waals surface area contributed by atoms with Crippen molar-refractivity contribution in [2.45, 2.75) is 40.3 Å². The van der Waals surface area contributed by atoms with Crippen LogP contribution in [0.2, 0.25) is 0 Å². The summed E-state index contributed by atoms with van der Waals surface area (Å²) in [7, 11) is 0. The monoisotopic (exact) mass is 240 g/mol. The molecule has 0 amide bonds. The van der Waals surface area contributed by atoms with E-state index < -0.39 is 0 Å². The minimum absolute atomic E-state index is 0.182. The minimum Gasteiger partial charge on any atom is -0.353 e. The molecule has 0 aromatic carbocycles. The second-order valence-electron chi connectivity index (χ2n) is 3.89. The van der Waals surface area contributed by atoms with Gasteiger partial charge in [0.05, 0.1) is 13.0 Å². The maximum Gasteiger partial charge on any atom is 0.346 e. The molecule has 1 unspecified atom stereocenters. The van der Waals surface area contributed by atoms with Gasteiger partial charge in [0.25, 0.3) is 0 Å². The van der Waals surface area contributed by atoms with Gasteiger partial charge in [-0.25, -0.2) is 4.79 Å². The first-order chi connectivity index (χ1) is 8.08. The second-order valence-corrected chi connectivity index (χ2v) is 3.89. The van der Waals surface area contributed by atoms with Crippen molar-refractivity contribution in [3.05, 3.63) is 11.8 Å². The molecule has 0 bridgehead atoms. The van der Waals surface area contributed by atoms with Crippen LogP contribution in [0.5, 0.6) is 0 Å². The SMILES string of the molecule is CCOOC(=O)CC1N=C(C)C=C(C)N1CC. The van der Waals surface area contributed by atoms with Crippen molar-refractivity contribution >= 4 is 11.7 Å². The van der Waals surface area contributed by atoms with E-state index in [1.165, 1.54) is 0 Å². The van der Waals surface area contributed by atoms with E-state index in [4.69, 9.17) is 0 Å². The van der Waals surface area contributed by atoms with E-state index in [2.05, 4.69) is 19.7 Å². The summed E-state index contributed by atoms with van der Waals surface area (Å²) in [5.41, 5.74) is 2.05. The number of hydrogen-bond donors (Lipinski definition) is 0. The molecule has 1 aliphatic heterocycles. The van der Waals surface area contributed by atoms with Crippen LogP contribution >= 0.6 is 0 Å². The summed E-state index contributed by atoms with van der Waals surface area (Å²) < 4.78 is 0. The highest BCUT2D eigenvalue weighted by Gasteiger charge is 2.24. The zero-order valence-electron chi connectivity index (χ0n) is 10.9. The van der Waals surface area contributed by atoms with Crippen LogP contribution in [0, 0.1) is 0 Å². The van der Waals surface area contributed by atoms with Crippen LogP contribution in [0.1, 0.15) is 34.1 Å². The summed E-state index contributed by atoms with van der Waals surface area (Å²) in [5, 5.41) is 0. The second kappa shape index (κ2) is 6.39. The lowest BCUT2D eigenvalue weighted by atomic mass is 10.2. The van der Waals surface area contributed by atoms with Gasteiger partial charge in [-0.2, -0.15) is 4.89 Å². The number of carbonyl (C=O) groups is 1. The fraction of sp³-hybridized carbons (Fsp3) is 0.667. The van der Waals surface area contributed by atoms with Crippen LogP contribution in [0.25, 0.3) is 0 Å². The lowest BCUT2D eigenvalue weighted by molar-refractivity contribution is -0.270. The van der Waals surface area contributed by atoms with Crippen LogP contribution in [0.15, 0.2) is 16.8 Å². The molecule has 0 aliphatic carbocycles. The molecule has 0 spiro atoms. The Bertz CT molecular complexity index is 337. The fourth-order valence-electron chi connectivity index (χ4n) is 1.89. The summed E-state index contributed by atoms with van der Waals surface area (Å²) in [6.45, 7) is 8.91. The van der Waals surface area contributed by atoms with Crippen LogP contribution in [-0.2, 0) is 14.6 Å². The van der Waals surface area contributed by atoms with Crippen LogP contribution in [-0.4, -0.2) is 35.9 Å². The van der Waals surface area contributed by atoms with Crippen LogP contribution in [0.4, 0.5) is 0 Å². The van der Waals surface area contributed by atoms with Gasteiger partial charge >= 0.3 is 5.97 Å². The van der Waals surface area contributed by atoms with Crippen molar-refractivity contribution in [2.24, 2.45) is 4.99 Å². The topological polar surface area (TPSA) is 51.1 Å². The molecule has 0 aromatic heterocycles. The molecule has 17 heavy (non-hydrogen) atoms. The maximum absolute atomic E-state index is 11.5. The van der Waals surface area contributed by atoms with Crippen molar-refractivity contribution in [1.29, 1.82) is 0 Å². The maximum atomic E-state index is 11.5. The number of nitrogens with zero attached hydrogens (tertiary/aromatic N) is 2. The first kappa shape index (κ1) is 13.7. The van der Waals surface area contributed by atoms with Gasteiger partial charge in [-0.05, 0) is 33.8 Å². The summed E-state index contributed by atoms with van der Waals surface area (Å²) in [4.78, 5) is 27.2. The Kier molecular flexibility index (Phi) is 5.15. The molecule has 1 aliphatic rings. The number of allylic oxidation sites excluding steroid dienone is 2. The highest BCUT2D eigenvalue weighted by atomic mass is 17.2. The molecule has 0 radical (unpaired) electrons. The molecule has 5 nitrogen and oxygen atoms in total. The molecule has 0 aromatic rings. The van der Waals surface area contributed by atoms with Crippen molar-refractivity contribution < 1.29 is 14.6 Å². The Morgan fingerprint density at radius 2 is 2.18 bits per heavy atom. The Morgan fingerprint density at radius 3 is 2.76 bits per heavy atom. The molecule has 1 rings (SSSR count). The summed E-state index contributed by atoms with van der Waals surface area (Å²) >= 11 is 0. The van der Waals surface area contributed by atoms with Gasteiger partial charge < -0.3 is 4.90 Å². The Balaban J connectivity index is 2.62. The van der Waals surface area contributed by atoms with E-state index >= 15 is 0 Å². The molecule has 0 saturated carbocycles. The molecular weight excluding hydrogens is 220 g/mol. The van der Waals surface area contributed by atoms with Gasteiger partial charge in [0.1, 0.15) is 6.17 Å². The van der Waals surface area contributed by atoms with E-state index in [1.54, 1.807) is 6.92 Å². The molecule has 0 saturated heterocycles. The summed E-state index contributed by atoms with van der Waals surface area (Å²) in [6.07, 6.45) is 2.03. The van der Waals surface area contributed by atoms with Crippen molar-refractivity contribution in [3.8, 4) is 0 Å². The first-order valence-electron chi connectivity index (χ1n) is 5.90. The molecule has 1 atom stereocenters. The normalized spacial score (nSPS) is 19.8. The van der Waals surface area contributed by atoms with E-state index in [9.17, 15) is 4.79 Å². The number of carbonyl (C=O) groups excluding carboxylic acids is 1. The Labute approximate surface area is 102 Å². The fourth-order valence-corrected chi connectivity index (χ4v) is 1.89. The van der Waals surface area contributed by atoms with Crippen LogP contribution in [0.3, 0.4) is 0 Å². The Morgan fingerprint density at radius 1 is 1.47 bits per heavy atom. The van der Waals surface area contributed by atoms with E-state index in [0.717, 1.165) is 18.0 Å². The zero-order chi connectivity index (χ0) is 12.8. The molecule has 1 heterocycles. The summed E-state index contributed by atoms with van der Waals surface area (Å²) in [5.74, 6) is -0.387. The van der Waals surface area contributed by atoms with Gasteiger partial charge in [-0.3, -0.25) is 9.88 Å². The van der Waals surface area contributed by atoms with Crippen LogP contribution < -0.4 is 0 Å². The van der Waals surface area contributed by atoms with E-state index in [-0.39, 0.29) is 18.6 Å².